The van der Waals surface area contributed by atoms with Gasteiger partial charge in [-0.15, -0.1) is 0 Å². The van der Waals surface area contributed by atoms with Crippen LogP contribution in [0.4, 0.5) is 5.82 Å². The Bertz CT molecular complexity index is 1100. The molecule has 0 bridgehead atoms. The molecule has 1 aromatic carbocycles. The number of hydrogen-bond donors (Lipinski definition) is 1. The van der Waals surface area contributed by atoms with Gasteiger partial charge < -0.3 is 14.4 Å². The highest BCUT2D eigenvalue weighted by Crippen LogP contribution is 2.15. The number of benzene rings is 1. The van der Waals surface area contributed by atoms with Gasteiger partial charge in [0.25, 0.3) is 5.56 Å². The Morgan fingerprint density at radius 2 is 1.92 bits per heavy atom. The average Bonchev–Trinajstić information content (AvgIpc) is 3.16. The van der Waals surface area contributed by atoms with Crippen LogP contribution in [0.1, 0.15) is 12.8 Å². The molecule has 8 heteroatoms. The summed E-state index contributed by atoms with van der Waals surface area (Å²) in [7, 11) is 0. The van der Waals surface area contributed by atoms with E-state index in [0.29, 0.717) is 18.3 Å². The fourth-order valence-corrected chi connectivity index (χ4v) is 2.73. The molecular weight excluding hydrogens is 332 g/mol. The molecule has 0 aliphatic rings. The summed E-state index contributed by atoms with van der Waals surface area (Å²) in [5, 5.41) is 6.96. The lowest BCUT2D eigenvalue weighted by atomic mass is 10.2. The van der Waals surface area contributed by atoms with Gasteiger partial charge in [-0.05, 0) is 31.2 Å². The van der Waals surface area contributed by atoms with Gasteiger partial charge in [0.15, 0.2) is 5.82 Å². The van der Waals surface area contributed by atoms with Gasteiger partial charge in [0.1, 0.15) is 0 Å². The lowest BCUT2D eigenvalue weighted by Crippen LogP contribution is -2.24. The molecule has 0 atom stereocenters. The maximum Gasteiger partial charge on any atom is 0.293 e. The van der Waals surface area contributed by atoms with E-state index in [1.165, 1.54) is 0 Å². The average molecular weight is 348 g/mol. The van der Waals surface area contributed by atoms with E-state index in [9.17, 15) is 4.79 Å². The van der Waals surface area contributed by atoms with Crippen LogP contribution in [0, 0.1) is 0 Å². The van der Waals surface area contributed by atoms with Gasteiger partial charge in [-0.2, -0.15) is 4.98 Å². The summed E-state index contributed by atoms with van der Waals surface area (Å²) in [6.07, 6.45) is 3.33. The number of hydrogen-bond acceptors (Lipinski definition) is 7. The Labute approximate surface area is 148 Å². The third-order valence-electron chi connectivity index (χ3n) is 3.98. The van der Waals surface area contributed by atoms with Gasteiger partial charge in [-0.3, -0.25) is 9.78 Å². The van der Waals surface area contributed by atoms with E-state index in [1.807, 2.05) is 31.2 Å². The Balaban J connectivity index is 1.60. The largest absolute Gasteiger partial charge is 0.356 e. The summed E-state index contributed by atoms with van der Waals surface area (Å²) in [5.41, 5.74) is 2.19. The number of anilines is 1. The van der Waals surface area contributed by atoms with Gasteiger partial charge in [0.05, 0.1) is 17.6 Å². The number of para-hydroxylation sites is 2. The van der Waals surface area contributed by atoms with Crippen molar-refractivity contribution >= 4 is 16.9 Å². The SMILES string of the molecule is CCn1c(=O)c(NCc2nc(-c3ccncc3)no2)nc2ccccc21. The molecule has 8 nitrogen and oxygen atoms in total. The van der Waals surface area contributed by atoms with Gasteiger partial charge in [0, 0.05) is 24.5 Å². The zero-order chi connectivity index (χ0) is 17.9. The molecule has 0 fully saturated rings. The molecule has 0 amide bonds. The minimum Gasteiger partial charge on any atom is -0.356 e. The molecule has 0 spiro atoms. The fraction of sp³-hybridized carbons (Fsp3) is 0.167. The third kappa shape index (κ3) is 2.92. The summed E-state index contributed by atoms with van der Waals surface area (Å²) in [4.78, 5) is 25.3. The van der Waals surface area contributed by atoms with Crippen molar-refractivity contribution in [1.82, 2.24) is 24.7 Å². The Hall–Kier alpha value is -3.55. The molecule has 0 aliphatic carbocycles. The van der Waals surface area contributed by atoms with Crippen molar-refractivity contribution in [1.29, 1.82) is 0 Å². The second kappa shape index (κ2) is 6.75. The van der Waals surface area contributed by atoms with Crippen LogP contribution in [0.15, 0.2) is 58.1 Å². The van der Waals surface area contributed by atoms with Gasteiger partial charge in [0.2, 0.25) is 11.7 Å². The molecular formula is C18H16N6O2. The Kier molecular flexibility index (Phi) is 4.14. The minimum absolute atomic E-state index is 0.180. The van der Waals surface area contributed by atoms with Crippen molar-refractivity contribution in [3.8, 4) is 11.4 Å². The molecule has 0 saturated carbocycles. The minimum atomic E-state index is -0.180. The van der Waals surface area contributed by atoms with Crippen molar-refractivity contribution in [3.05, 3.63) is 65.0 Å². The van der Waals surface area contributed by atoms with Crippen LogP contribution in [0.5, 0.6) is 0 Å². The number of pyridine rings is 1. The standard InChI is InChI=1S/C18H16N6O2/c1-2-24-14-6-4-3-5-13(14)21-17(18(24)25)20-11-15-22-16(23-26-15)12-7-9-19-10-8-12/h3-10H,2,11H2,1H3,(H,20,21). The number of aryl methyl sites for hydroxylation is 1. The number of nitrogens with zero attached hydrogens (tertiary/aromatic N) is 5. The number of aromatic nitrogens is 5. The molecule has 4 aromatic rings. The van der Waals surface area contributed by atoms with Crippen LogP contribution in [0.2, 0.25) is 0 Å². The molecule has 3 heterocycles. The van der Waals surface area contributed by atoms with E-state index in [2.05, 4.69) is 25.4 Å². The van der Waals surface area contributed by atoms with Crippen LogP contribution in [0.3, 0.4) is 0 Å². The summed E-state index contributed by atoms with van der Waals surface area (Å²) >= 11 is 0. The molecule has 0 aliphatic heterocycles. The number of fused-ring (bicyclic) bond motifs is 1. The van der Waals surface area contributed by atoms with Gasteiger partial charge >= 0.3 is 0 Å². The van der Waals surface area contributed by atoms with Crippen molar-refractivity contribution in [2.75, 3.05) is 5.32 Å². The zero-order valence-electron chi connectivity index (χ0n) is 14.1. The van der Waals surface area contributed by atoms with Crippen LogP contribution in [-0.2, 0) is 13.1 Å². The molecule has 130 valence electrons. The highest BCUT2D eigenvalue weighted by atomic mass is 16.5. The molecule has 0 radical (unpaired) electrons. The Morgan fingerprint density at radius 1 is 1.12 bits per heavy atom. The van der Waals surface area contributed by atoms with Crippen LogP contribution < -0.4 is 10.9 Å². The quantitative estimate of drug-likeness (QED) is 0.591. The van der Waals surface area contributed by atoms with E-state index in [1.54, 1.807) is 29.1 Å². The lowest BCUT2D eigenvalue weighted by molar-refractivity contribution is 0.384. The summed E-state index contributed by atoms with van der Waals surface area (Å²) < 4.78 is 6.93. The molecule has 0 saturated heterocycles. The third-order valence-corrected chi connectivity index (χ3v) is 3.98. The highest BCUT2D eigenvalue weighted by molar-refractivity contribution is 5.76. The van der Waals surface area contributed by atoms with E-state index in [-0.39, 0.29) is 17.9 Å². The van der Waals surface area contributed by atoms with Crippen LogP contribution in [-0.4, -0.2) is 24.7 Å². The van der Waals surface area contributed by atoms with Crippen molar-refractivity contribution in [3.63, 3.8) is 0 Å². The van der Waals surface area contributed by atoms with Crippen molar-refractivity contribution in [2.45, 2.75) is 20.0 Å². The molecule has 4 rings (SSSR count). The molecule has 1 N–H and O–H groups in total. The molecule has 0 unspecified atom stereocenters. The Morgan fingerprint density at radius 3 is 2.73 bits per heavy atom. The zero-order valence-corrected chi connectivity index (χ0v) is 14.1. The monoisotopic (exact) mass is 348 g/mol. The van der Waals surface area contributed by atoms with Crippen LogP contribution >= 0.6 is 0 Å². The van der Waals surface area contributed by atoms with Gasteiger partial charge in [-0.25, -0.2) is 4.98 Å². The summed E-state index contributed by atoms with van der Waals surface area (Å²) in [6, 6.07) is 11.1. The first-order valence-corrected chi connectivity index (χ1v) is 8.22. The highest BCUT2D eigenvalue weighted by Gasteiger charge is 2.12. The van der Waals surface area contributed by atoms with Crippen molar-refractivity contribution < 1.29 is 4.52 Å². The summed E-state index contributed by atoms with van der Waals surface area (Å²) in [6.45, 7) is 2.70. The van der Waals surface area contributed by atoms with E-state index in [0.717, 1.165) is 16.6 Å². The maximum absolute atomic E-state index is 12.6. The van der Waals surface area contributed by atoms with Crippen molar-refractivity contribution in [2.24, 2.45) is 0 Å². The fourth-order valence-electron chi connectivity index (χ4n) is 2.73. The first kappa shape index (κ1) is 15.9. The first-order valence-electron chi connectivity index (χ1n) is 8.22. The predicted octanol–water partition coefficient (Wildman–Crippen LogP) is 2.47. The van der Waals surface area contributed by atoms with E-state index in [4.69, 9.17) is 4.52 Å². The van der Waals surface area contributed by atoms with Gasteiger partial charge in [-0.1, -0.05) is 17.3 Å². The first-order chi connectivity index (χ1) is 12.8. The lowest BCUT2D eigenvalue weighted by Gasteiger charge is -2.10. The van der Waals surface area contributed by atoms with Crippen LogP contribution in [0.25, 0.3) is 22.4 Å². The van der Waals surface area contributed by atoms with E-state index < -0.39 is 0 Å². The predicted molar refractivity (Wildman–Crippen MR) is 96.5 cm³/mol. The molecule has 26 heavy (non-hydrogen) atoms. The number of rotatable bonds is 5. The smallest absolute Gasteiger partial charge is 0.293 e. The summed E-state index contributed by atoms with van der Waals surface area (Å²) in [5.74, 6) is 1.10. The van der Waals surface area contributed by atoms with E-state index >= 15 is 0 Å². The second-order valence-corrected chi connectivity index (χ2v) is 5.60. The second-order valence-electron chi connectivity index (χ2n) is 5.60. The molecule has 3 aromatic heterocycles. The normalized spacial score (nSPS) is 11.0. The number of nitrogens with one attached hydrogen (secondary N) is 1. The maximum atomic E-state index is 12.6. The topological polar surface area (TPSA) is 98.7 Å².